The summed E-state index contributed by atoms with van der Waals surface area (Å²) < 4.78 is 0. The second kappa shape index (κ2) is 5.49. The number of rotatable bonds is 3. The van der Waals surface area contributed by atoms with Crippen molar-refractivity contribution < 1.29 is 4.79 Å². The van der Waals surface area contributed by atoms with Crippen LogP contribution in [-0.4, -0.2) is 11.3 Å². The van der Waals surface area contributed by atoms with Crippen molar-refractivity contribution in [1.82, 2.24) is 4.98 Å². The van der Waals surface area contributed by atoms with E-state index < -0.39 is 0 Å². The molecule has 2 aromatic rings. The van der Waals surface area contributed by atoms with E-state index in [0.29, 0.717) is 4.88 Å². The average molecular weight is 287 g/mol. The number of aldehydes is 1. The summed E-state index contributed by atoms with van der Waals surface area (Å²) in [7, 11) is 0. The van der Waals surface area contributed by atoms with Gasteiger partial charge >= 0.3 is 0 Å². The molecule has 0 amide bonds. The third-order valence-electron chi connectivity index (χ3n) is 3.58. The van der Waals surface area contributed by atoms with Gasteiger partial charge in [-0.3, -0.25) is 4.79 Å². The second-order valence-electron chi connectivity index (χ2n) is 6.29. The predicted molar refractivity (Wildman–Crippen MR) is 84.9 cm³/mol. The Bertz CT molecular complexity index is 612. The Kier molecular flexibility index (Phi) is 4.09. The highest BCUT2D eigenvalue weighted by atomic mass is 32.1. The van der Waals surface area contributed by atoms with Gasteiger partial charge in [-0.2, -0.15) is 0 Å². The first kappa shape index (κ1) is 14.9. The van der Waals surface area contributed by atoms with Gasteiger partial charge in [0.05, 0.1) is 9.88 Å². The number of carbonyl (C=O) groups excluding carboxylic acids is 1. The minimum Gasteiger partial charge on any atom is -0.297 e. The van der Waals surface area contributed by atoms with E-state index in [1.807, 2.05) is 0 Å². The van der Waals surface area contributed by atoms with E-state index in [1.165, 1.54) is 33.6 Å². The van der Waals surface area contributed by atoms with Crippen LogP contribution < -0.4 is 0 Å². The van der Waals surface area contributed by atoms with E-state index in [2.05, 4.69) is 51.7 Å². The maximum Gasteiger partial charge on any atom is 0.161 e. The van der Waals surface area contributed by atoms with Crippen molar-refractivity contribution in [1.29, 1.82) is 0 Å². The zero-order chi connectivity index (χ0) is 14.9. The molecular weight excluding hydrogens is 266 g/mol. The quantitative estimate of drug-likeness (QED) is 0.780. The third-order valence-corrected chi connectivity index (χ3v) is 4.50. The Morgan fingerprint density at radius 3 is 2.25 bits per heavy atom. The van der Waals surface area contributed by atoms with Gasteiger partial charge in [-0.25, -0.2) is 4.98 Å². The van der Waals surface area contributed by atoms with Crippen LogP contribution in [0.4, 0.5) is 0 Å². The summed E-state index contributed by atoms with van der Waals surface area (Å²) in [6.45, 7) is 11.0. The topological polar surface area (TPSA) is 30.0 Å². The number of hydrogen-bond donors (Lipinski definition) is 0. The Hall–Kier alpha value is -1.48. The molecule has 0 saturated heterocycles. The first-order valence-electron chi connectivity index (χ1n) is 6.81. The van der Waals surface area contributed by atoms with Gasteiger partial charge in [0.15, 0.2) is 6.29 Å². The number of hydrogen-bond acceptors (Lipinski definition) is 3. The van der Waals surface area contributed by atoms with Crippen LogP contribution in [0.25, 0.3) is 0 Å². The van der Waals surface area contributed by atoms with Crippen molar-refractivity contribution in [3.8, 4) is 0 Å². The first-order chi connectivity index (χ1) is 9.31. The summed E-state index contributed by atoms with van der Waals surface area (Å²) in [5.74, 6) is 0. The molecule has 0 unspecified atom stereocenters. The lowest BCUT2D eigenvalue weighted by Crippen LogP contribution is -2.12. The number of aromatic nitrogens is 1. The molecule has 0 aliphatic carbocycles. The van der Waals surface area contributed by atoms with Gasteiger partial charge in [0.25, 0.3) is 0 Å². The minimum atomic E-state index is 0.167. The Morgan fingerprint density at radius 1 is 1.20 bits per heavy atom. The van der Waals surface area contributed by atoms with Crippen molar-refractivity contribution in [2.45, 2.75) is 46.5 Å². The third kappa shape index (κ3) is 3.15. The lowest BCUT2D eigenvalue weighted by atomic mass is 9.83. The summed E-state index contributed by atoms with van der Waals surface area (Å²) in [5, 5.41) is 1.00. The molecule has 0 aliphatic heterocycles. The van der Waals surface area contributed by atoms with Crippen LogP contribution in [0.3, 0.4) is 0 Å². The van der Waals surface area contributed by atoms with Crippen LogP contribution in [0.2, 0.25) is 0 Å². The summed E-state index contributed by atoms with van der Waals surface area (Å²) in [5.41, 5.74) is 5.46. The second-order valence-corrected chi connectivity index (χ2v) is 7.44. The molecule has 106 valence electrons. The van der Waals surface area contributed by atoms with Gasteiger partial charge in [-0.15, -0.1) is 11.3 Å². The van der Waals surface area contributed by atoms with Gasteiger partial charge in [0.1, 0.15) is 0 Å². The summed E-state index contributed by atoms with van der Waals surface area (Å²) in [4.78, 5) is 15.8. The molecule has 0 atom stereocenters. The molecule has 1 aromatic heterocycles. The van der Waals surface area contributed by atoms with Crippen molar-refractivity contribution in [3.05, 3.63) is 50.5 Å². The van der Waals surface area contributed by atoms with E-state index in [-0.39, 0.29) is 5.41 Å². The maximum absolute atomic E-state index is 10.7. The van der Waals surface area contributed by atoms with Crippen LogP contribution in [0.5, 0.6) is 0 Å². The molecule has 0 fully saturated rings. The number of benzene rings is 1. The molecule has 2 nitrogen and oxygen atoms in total. The van der Waals surface area contributed by atoms with Gasteiger partial charge in [0, 0.05) is 12.6 Å². The molecular formula is C17H21NOS. The van der Waals surface area contributed by atoms with Crippen molar-refractivity contribution in [3.63, 3.8) is 0 Å². The number of thiazole rings is 1. The molecule has 2 rings (SSSR count). The SMILES string of the molecule is Cc1cc(C(C)(C)C)cc(C)c1Cc1ncc(C=O)s1. The van der Waals surface area contributed by atoms with Gasteiger partial charge in [-0.1, -0.05) is 32.9 Å². The lowest BCUT2D eigenvalue weighted by Gasteiger charge is -2.22. The normalized spacial score (nSPS) is 11.7. The molecule has 0 bridgehead atoms. The molecule has 1 heterocycles. The highest BCUT2D eigenvalue weighted by Gasteiger charge is 2.16. The van der Waals surface area contributed by atoms with Gasteiger partial charge in [0.2, 0.25) is 0 Å². The fourth-order valence-electron chi connectivity index (χ4n) is 2.32. The summed E-state index contributed by atoms with van der Waals surface area (Å²) in [6, 6.07) is 4.55. The zero-order valence-electron chi connectivity index (χ0n) is 12.8. The molecule has 3 heteroatoms. The molecule has 0 saturated carbocycles. The summed E-state index contributed by atoms with van der Waals surface area (Å²) >= 11 is 1.48. The fraction of sp³-hybridized carbons (Fsp3) is 0.412. The average Bonchev–Trinajstić information content (AvgIpc) is 2.80. The van der Waals surface area contributed by atoms with Crippen LogP contribution >= 0.6 is 11.3 Å². The Labute approximate surface area is 124 Å². The van der Waals surface area contributed by atoms with E-state index in [9.17, 15) is 4.79 Å². The van der Waals surface area contributed by atoms with Crippen LogP contribution in [0.15, 0.2) is 18.3 Å². The Morgan fingerprint density at radius 2 is 1.80 bits per heavy atom. The monoisotopic (exact) mass is 287 g/mol. The smallest absolute Gasteiger partial charge is 0.161 e. The Balaban J connectivity index is 2.35. The maximum atomic E-state index is 10.7. The van der Waals surface area contributed by atoms with Crippen molar-refractivity contribution in [2.24, 2.45) is 0 Å². The lowest BCUT2D eigenvalue weighted by molar-refractivity contribution is 0.112. The molecule has 0 aliphatic rings. The highest BCUT2D eigenvalue weighted by molar-refractivity contribution is 7.13. The van der Waals surface area contributed by atoms with Crippen molar-refractivity contribution >= 4 is 17.6 Å². The van der Waals surface area contributed by atoms with Gasteiger partial charge < -0.3 is 0 Å². The minimum absolute atomic E-state index is 0.167. The molecule has 20 heavy (non-hydrogen) atoms. The molecule has 0 spiro atoms. The van der Waals surface area contributed by atoms with Crippen LogP contribution in [-0.2, 0) is 11.8 Å². The zero-order valence-corrected chi connectivity index (χ0v) is 13.6. The molecule has 0 N–H and O–H groups in total. The van der Waals surface area contributed by atoms with E-state index in [0.717, 1.165) is 17.7 Å². The van der Waals surface area contributed by atoms with Crippen molar-refractivity contribution in [2.75, 3.05) is 0 Å². The number of aryl methyl sites for hydroxylation is 2. The number of nitrogens with zero attached hydrogens (tertiary/aromatic N) is 1. The largest absolute Gasteiger partial charge is 0.297 e. The van der Waals surface area contributed by atoms with E-state index >= 15 is 0 Å². The predicted octanol–water partition coefficient (Wildman–Crippen LogP) is 4.46. The molecule has 0 radical (unpaired) electrons. The molecule has 1 aromatic carbocycles. The van der Waals surface area contributed by atoms with Crippen LogP contribution in [0, 0.1) is 13.8 Å². The summed E-state index contributed by atoms with van der Waals surface area (Å²) in [6.07, 6.45) is 3.32. The van der Waals surface area contributed by atoms with Crippen LogP contribution in [0.1, 0.15) is 57.7 Å². The number of carbonyl (C=O) groups is 1. The fourth-order valence-corrected chi connectivity index (χ4v) is 3.06. The van der Waals surface area contributed by atoms with E-state index in [4.69, 9.17) is 0 Å². The van der Waals surface area contributed by atoms with E-state index in [1.54, 1.807) is 6.20 Å². The standard InChI is InChI=1S/C17H21NOS/c1-11-6-13(17(3,4)5)7-12(2)15(11)8-16-18-9-14(10-19)20-16/h6-7,9-10H,8H2,1-5H3. The van der Waals surface area contributed by atoms with Gasteiger partial charge in [-0.05, 0) is 41.5 Å². The first-order valence-corrected chi connectivity index (χ1v) is 7.63. The highest BCUT2D eigenvalue weighted by Crippen LogP contribution is 2.28.